The van der Waals surface area contributed by atoms with Crippen molar-refractivity contribution in [2.45, 2.75) is 50.9 Å². The lowest BCUT2D eigenvalue weighted by atomic mass is 9.95. The molecule has 3 rings (SSSR count). The Morgan fingerprint density at radius 1 is 1.32 bits per heavy atom. The summed E-state index contributed by atoms with van der Waals surface area (Å²) < 4.78 is 79.9. The molecule has 1 aromatic heterocycles. The van der Waals surface area contributed by atoms with Gasteiger partial charge >= 0.3 is 19.3 Å². The summed E-state index contributed by atoms with van der Waals surface area (Å²) in [5.41, 5.74) is -5.84. The summed E-state index contributed by atoms with van der Waals surface area (Å²) in [4.78, 5) is 37.6. The predicted molar refractivity (Wildman–Crippen MR) is 128 cm³/mol. The summed E-state index contributed by atoms with van der Waals surface area (Å²) in [6, 6.07) is 7.39. The van der Waals surface area contributed by atoms with E-state index in [0.717, 1.165) is 0 Å². The number of alkyl halides is 1. The van der Waals surface area contributed by atoms with Gasteiger partial charge in [0.2, 0.25) is 5.82 Å². The second-order valence-electron chi connectivity index (χ2n) is 8.92. The molecule has 0 aliphatic carbocycles. The van der Waals surface area contributed by atoms with Crippen LogP contribution in [-0.2, 0) is 23.4 Å². The first-order valence-electron chi connectivity index (χ1n) is 12.4. The van der Waals surface area contributed by atoms with Crippen LogP contribution in [0.5, 0.6) is 5.75 Å². The topological polar surface area (TPSA) is 166 Å². The largest absolute Gasteiger partial charge is 0.463 e. The fourth-order valence-corrected chi connectivity index (χ4v) is 5.26. The van der Waals surface area contributed by atoms with Crippen molar-refractivity contribution >= 4 is 13.6 Å². The molecule has 12 nitrogen and oxygen atoms in total. The van der Waals surface area contributed by atoms with E-state index in [2.05, 4.69) is 0 Å². The molecule has 1 unspecified atom stereocenters. The molecule has 0 bridgehead atoms. The van der Waals surface area contributed by atoms with E-state index in [4.69, 9.17) is 21.3 Å². The number of aliphatic hydroxyl groups is 2. The molecule has 1 aliphatic heterocycles. The molecule has 1 fully saturated rings. The lowest BCUT2D eigenvalue weighted by Crippen LogP contribution is -2.51. The molecule has 0 amide bonds. The first-order valence-corrected chi connectivity index (χ1v) is 13.1. The minimum atomic E-state index is -4.68. The van der Waals surface area contributed by atoms with Gasteiger partial charge in [0.15, 0.2) is 11.8 Å². The number of aromatic nitrogens is 2. The smallest absolute Gasteiger partial charge is 0.380 e. The number of nitrogens with one attached hydrogen (secondary N) is 1. The first kappa shape index (κ1) is 26.7. The van der Waals surface area contributed by atoms with Crippen molar-refractivity contribution < 1.29 is 49.6 Å². The van der Waals surface area contributed by atoms with E-state index in [1.165, 1.54) is 31.2 Å². The fourth-order valence-electron chi connectivity index (χ4n) is 3.54. The normalized spacial score (nSPS) is 26.8. The molecular formula is C23H29F2N2O10P. The molecule has 210 valence electrons. The first-order chi connectivity index (χ1) is 18.5. The number of ether oxygens (including phenoxy) is 2. The highest BCUT2D eigenvalue weighted by molar-refractivity contribution is 7.54. The third-order valence-electron chi connectivity index (χ3n) is 5.44. The maximum Gasteiger partial charge on any atom is 0.380 e. The fraction of sp³-hybridized carbons (Fsp3) is 0.522. The van der Waals surface area contributed by atoms with Crippen LogP contribution in [0.25, 0.3) is 0 Å². The second kappa shape index (κ2) is 11.9. The Hall–Kier alpha value is -2.90. The van der Waals surface area contributed by atoms with Crippen LogP contribution in [0.1, 0.15) is 29.7 Å². The number of H-pyrrole nitrogens is 1. The molecule has 1 aromatic carbocycles. The van der Waals surface area contributed by atoms with E-state index in [-0.39, 0.29) is 16.5 Å². The van der Waals surface area contributed by atoms with Crippen molar-refractivity contribution in [3.63, 3.8) is 0 Å². The third kappa shape index (κ3) is 6.56. The summed E-state index contributed by atoms with van der Waals surface area (Å²) in [7, 11) is -4.68. The van der Waals surface area contributed by atoms with Crippen LogP contribution in [0.15, 0.2) is 46.1 Å². The molecule has 1 saturated heterocycles. The minimum Gasteiger partial charge on any atom is -0.463 e. The SMILES string of the molecule is [2H]C([2H])(O[P@@](=O)(C[C@@H](C)C(=O)OC(C)C)Oc1ccccc1)[C@H]1O[C@@H](n2cc(F)c(=O)[nH]c2=O)C(O)(CF)[C@H]1O. The van der Waals surface area contributed by atoms with Gasteiger partial charge in [-0.3, -0.25) is 23.7 Å². The lowest BCUT2D eigenvalue weighted by Gasteiger charge is -2.28. The van der Waals surface area contributed by atoms with Gasteiger partial charge in [-0.2, -0.15) is 4.39 Å². The average molecular weight is 564 g/mol. The number of benzene rings is 1. The minimum absolute atomic E-state index is 0.0349. The molecule has 3 N–H and O–H groups in total. The highest BCUT2D eigenvalue weighted by atomic mass is 31.2. The number of carbonyl (C=O) groups is 1. The van der Waals surface area contributed by atoms with Crippen LogP contribution >= 0.6 is 7.60 Å². The molecule has 6 atom stereocenters. The van der Waals surface area contributed by atoms with Gasteiger partial charge < -0.3 is 24.2 Å². The van der Waals surface area contributed by atoms with E-state index in [1.807, 2.05) is 0 Å². The second-order valence-corrected chi connectivity index (χ2v) is 10.9. The van der Waals surface area contributed by atoms with Gasteiger partial charge in [0.05, 0.1) is 33.7 Å². The number of esters is 1. The Labute approximate surface area is 218 Å². The number of hydrogen-bond acceptors (Lipinski definition) is 10. The van der Waals surface area contributed by atoms with Gasteiger partial charge in [-0.15, -0.1) is 0 Å². The molecule has 1 aliphatic rings. The Bertz CT molecular complexity index is 1380. The van der Waals surface area contributed by atoms with Crippen molar-refractivity contribution in [1.29, 1.82) is 0 Å². The number of halogens is 2. The van der Waals surface area contributed by atoms with Crippen LogP contribution < -0.4 is 15.8 Å². The molecule has 2 aromatic rings. The Morgan fingerprint density at radius 3 is 2.58 bits per heavy atom. The number of nitrogens with zero attached hydrogens (tertiary/aromatic N) is 1. The molecule has 0 saturated carbocycles. The van der Waals surface area contributed by atoms with Crippen molar-refractivity contribution in [3.8, 4) is 5.75 Å². The zero-order valence-electron chi connectivity index (χ0n) is 22.6. The summed E-state index contributed by atoms with van der Waals surface area (Å²) in [6.07, 6.45) is -8.03. The van der Waals surface area contributed by atoms with Crippen LogP contribution in [0.3, 0.4) is 0 Å². The predicted octanol–water partition coefficient (Wildman–Crippen LogP) is 1.51. The molecule has 15 heteroatoms. The van der Waals surface area contributed by atoms with Gasteiger partial charge in [0, 0.05) is 0 Å². The number of para-hydroxylation sites is 1. The molecule has 0 spiro atoms. The summed E-state index contributed by atoms with van der Waals surface area (Å²) in [6.45, 7) is -0.662. The molecule has 38 heavy (non-hydrogen) atoms. The quantitative estimate of drug-likeness (QED) is 0.269. The summed E-state index contributed by atoms with van der Waals surface area (Å²) in [5, 5.41) is 21.6. The average Bonchev–Trinajstić information content (AvgIpc) is 3.12. The van der Waals surface area contributed by atoms with Gasteiger partial charge in [0.1, 0.15) is 24.6 Å². The Morgan fingerprint density at radius 2 is 1.97 bits per heavy atom. The summed E-state index contributed by atoms with van der Waals surface area (Å²) in [5.74, 6) is -3.49. The van der Waals surface area contributed by atoms with E-state index < -0.39 is 86.1 Å². The van der Waals surface area contributed by atoms with Crippen molar-refractivity contribution in [3.05, 3.63) is 63.2 Å². The van der Waals surface area contributed by atoms with Gasteiger partial charge in [-0.05, 0) is 26.0 Å². The number of rotatable bonds is 11. The molecule has 0 radical (unpaired) electrons. The van der Waals surface area contributed by atoms with Crippen molar-refractivity contribution in [1.82, 2.24) is 9.55 Å². The standard InChI is InChI=1S/C23H29F2N2O10P/c1-13(2)35-20(30)14(3)11-38(33,37-15-7-5-4-6-8-15)34-10-17-18(28)23(32,12-24)21(36-17)27-9-16(25)19(29)26-22(27)31/h4-9,13-14,17-18,21,28,32H,10-12H2,1-3H3,(H,26,29,31)/t14-,17-,18+,21-,23?,38+/m1/s1/i10D2. The van der Waals surface area contributed by atoms with E-state index in [9.17, 15) is 37.9 Å². The zero-order valence-corrected chi connectivity index (χ0v) is 21.5. The maximum absolute atomic E-state index is 14.1. The summed E-state index contributed by atoms with van der Waals surface area (Å²) >= 11 is 0. The molecular weight excluding hydrogens is 533 g/mol. The van der Waals surface area contributed by atoms with Crippen LogP contribution in [-0.4, -0.2) is 69.0 Å². The number of aliphatic hydroxyl groups excluding tert-OH is 1. The number of hydrogen-bond donors (Lipinski definition) is 3. The Balaban J connectivity index is 1.98. The zero-order chi connectivity index (χ0) is 30.0. The van der Waals surface area contributed by atoms with Gasteiger partial charge in [0.25, 0.3) is 5.56 Å². The van der Waals surface area contributed by atoms with Gasteiger partial charge in [-0.1, -0.05) is 25.1 Å². The highest BCUT2D eigenvalue weighted by Gasteiger charge is 2.57. The highest BCUT2D eigenvalue weighted by Crippen LogP contribution is 2.51. The number of carbonyl (C=O) groups excluding carboxylic acids is 1. The van der Waals surface area contributed by atoms with E-state index in [1.54, 1.807) is 24.9 Å². The third-order valence-corrected chi connectivity index (χ3v) is 7.31. The van der Waals surface area contributed by atoms with E-state index in [0.29, 0.717) is 0 Å². The number of aromatic amines is 1. The van der Waals surface area contributed by atoms with Crippen LogP contribution in [0.2, 0.25) is 0 Å². The monoisotopic (exact) mass is 564 g/mol. The lowest BCUT2D eigenvalue weighted by molar-refractivity contribution is -0.151. The van der Waals surface area contributed by atoms with Crippen LogP contribution in [0, 0.1) is 11.7 Å². The van der Waals surface area contributed by atoms with Gasteiger partial charge in [-0.25, -0.2) is 13.8 Å². The maximum atomic E-state index is 14.1. The van der Waals surface area contributed by atoms with E-state index >= 15 is 0 Å². The Kier molecular flexibility index (Phi) is 8.34. The van der Waals surface area contributed by atoms with Crippen molar-refractivity contribution in [2.75, 3.05) is 19.4 Å². The molecule has 2 heterocycles. The van der Waals surface area contributed by atoms with Crippen LogP contribution in [0.4, 0.5) is 8.78 Å². The van der Waals surface area contributed by atoms with Crippen molar-refractivity contribution in [2.24, 2.45) is 5.92 Å².